The smallest absolute Gasteiger partial charge is 0.417 e. The number of rotatable bonds is 3. The highest BCUT2D eigenvalue weighted by atomic mass is 16.6. The monoisotopic (exact) mass is 425 g/mol. The van der Waals surface area contributed by atoms with E-state index in [1.165, 1.54) is 11.0 Å². The van der Waals surface area contributed by atoms with Crippen molar-refractivity contribution in [3.63, 3.8) is 0 Å². The first kappa shape index (κ1) is 22.3. The maximum Gasteiger partial charge on any atom is 0.417 e. The van der Waals surface area contributed by atoms with E-state index in [-0.39, 0.29) is 19.7 Å². The lowest BCUT2D eigenvalue weighted by atomic mass is 9.82. The topological polar surface area (TPSA) is 99.9 Å². The highest BCUT2D eigenvalue weighted by molar-refractivity contribution is 5.99. The number of carbonyl (C=O) groups is 3. The molecule has 2 atom stereocenters. The van der Waals surface area contributed by atoms with Crippen LogP contribution in [0.3, 0.4) is 0 Å². The van der Waals surface area contributed by atoms with Crippen LogP contribution in [0.2, 0.25) is 0 Å². The van der Waals surface area contributed by atoms with Crippen LogP contribution < -0.4 is 0 Å². The number of carbonyl (C=O) groups excluding carboxylic acids is 3. The van der Waals surface area contributed by atoms with E-state index in [9.17, 15) is 19.6 Å². The number of likely N-dealkylation sites (tertiary alicyclic amines) is 1. The Hall–Kier alpha value is -3.34. The molecule has 164 valence electrons. The molecule has 2 aliphatic heterocycles. The summed E-state index contributed by atoms with van der Waals surface area (Å²) in [7, 11) is 0. The molecule has 2 heterocycles. The second-order valence-electron chi connectivity index (χ2n) is 9.06. The van der Waals surface area contributed by atoms with Crippen LogP contribution >= 0.6 is 0 Å². The second-order valence-corrected chi connectivity index (χ2v) is 9.06. The van der Waals surface area contributed by atoms with E-state index in [0.29, 0.717) is 12.0 Å². The minimum absolute atomic E-state index is 0.0100. The molecule has 0 spiro atoms. The summed E-state index contributed by atoms with van der Waals surface area (Å²) in [4.78, 5) is 41.2. The number of nitrogens with zero attached hydrogens (tertiary/aromatic N) is 3. The zero-order valence-electron chi connectivity index (χ0n) is 18.3. The fraction of sp³-hybridized carbons (Fsp3) is 0.478. The molecule has 1 aromatic rings. The maximum atomic E-state index is 13.6. The van der Waals surface area contributed by atoms with Crippen molar-refractivity contribution in [1.82, 2.24) is 9.80 Å². The Labute approximate surface area is 182 Å². The predicted octanol–water partition coefficient (Wildman–Crippen LogP) is 3.28. The SMILES string of the molecule is CC(C)(C)OC(=O)N1C/C(=C\C#N)[C@@](C)(C(=O)N2C(=O)OC[C@@H]2Cc2ccccc2)C1. The van der Waals surface area contributed by atoms with Gasteiger partial charge >= 0.3 is 12.2 Å². The van der Waals surface area contributed by atoms with Crippen molar-refractivity contribution in [3.8, 4) is 6.07 Å². The summed E-state index contributed by atoms with van der Waals surface area (Å²) < 4.78 is 10.6. The largest absolute Gasteiger partial charge is 0.447 e. The number of benzene rings is 1. The molecule has 2 saturated heterocycles. The molecule has 0 radical (unpaired) electrons. The molecule has 0 unspecified atom stereocenters. The van der Waals surface area contributed by atoms with E-state index >= 15 is 0 Å². The van der Waals surface area contributed by atoms with Gasteiger partial charge < -0.3 is 14.4 Å². The standard InChI is InChI=1S/C23H27N3O5/c1-22(2,3)31-20(28)25-13-17(10-11-24)23(4,15-25)19(27)26-18(14-30-21(26)29)12-16-8-6-5-7-9-16/h5-10,18H,12-15H2,1-4H3/b17-10+/t18-,23-/m0/s1. The lowest BCUT2D eigenvalue weighted by molar-refractivity contribution is -0.136. The van der Waals surface area contributed by atoms with E-state index in [2.05, 4.69) is 0 Å². The van der Waals surface area contributed by atoms with Crippen LogP contribution in [0.15, 0.2) is 42.0 Å². The van der Waals surface area contributed by atoms with Gasteiger partial charge in [-0.15, -0.1) is 0 Å². The first-order valence-electron chi connectivity index (χ1n) is 10.2. The van der Waals surface area contributed by atoms with Crippen LogP contribution in [-0.2, 0) is 20.7 Å². The number of amides is 3. The summed E-state index contributed by atoms with van der Waals surface area (Å²) in [5, 5.41) is 9.24. The van der Waals surface area contributed by atoms with Crippen molar-refractivity contribution in [3.05, 3.63) is 47.5 Å². The van der Waals surface area contributed by atoms with Crippen LogP contribution in [-0.4, -0.2) is 59.2 Å². The second kappa shape index (κ2) is 8.42. The molecule has 0 aromatic heterocycles. The van der Waals surface area contributed by atoms with Gasteiger partial charge in [0.15, 0.2) is 0 Å². The van der Waals surface area contributed by atoms with Crippen LogP contribution in [0.5, 0.6) is 0 Å². The summed E-state index contributed by atoms with van der Waals surface area (Å²) in [5.74, 6) is -0.483. The average molecular weight is 425 g/mol. The maximum absolute atomic E-state index is 13.6. The molecule has 2 fully saturated rings. The molecule has 31 heavy (non-hydrogen) atoms. The number of imide groups is 1. The third-order valence-corrected chi connectivity index (χ3v) is 5.43. The summed E-state index contributed by atoms with van der Waals surface area (Å²) in [6, 6.07) is 11.0. The van der Waals surface area contributed by atoms with Gasteiger partial charge in [-0.25, -0.2) is 14.5 Å². The minimum Gasteiger partial charge on any atom is -0.447 e. The Kier molecular flexibility index (Phi) is 6.07. The summed E-state index contributed by atoms with van der Waals surface area (Å²) >= 11 is 0. The Bertz CT molecular complexity index is 944. The van der Waals surface area contributed by atoms with Crippen molar-refractivity contribution in [1.29, 1.82) is 5.26 Å². The summed E-state index contributed by atoms with van der Waals surface area (Å²) in [6.45, 7) is 7.10. The molecule has 8 nitrogen and oxygen atoms in total. The molecule has 8 heteroatoms. The van der Waals surface area contributed by atoms with Gasteiger partial charge in [0.25, 0.3) is 0 Å². The van der Waals surface area contributed by atoms with Crippen molar-refractivity contribution < 1.29 is 23.9 Å². The highest BCUT2D eigenvalue weighted by Crippen LogP contribution is 2.39. The number of cyclic esters (lactones) is 1. The van der Waals surface area contributed by atoms with Gasteiger partial charge in [0, 0.05) is 19.2 Å². The van der Waals surface area contributed by atoms with Crippen molar-refractivity contribution in [2.24, 2.45) is 5.41 Å². The molecule has 0 saturated carbocycles. The Morgan fingerprint density at radius 2 is 2.00 bits per heavy atom. The number of hydrogen-bond donors (Lipinski definition) is 0. The van der Waals surface area contributed by atoms with E-state index in [0.717, 1.165) is 10.5 Å². The third kappa shape index (κ3) is 4.71. The number of ether oxygens (including phenoxy) is 2. The molecule has 2 aliphatic rings. The zero-order valence-corrected chi connectivity index (χ0v) is 18.3. The normalized spacial score (nSPS) is 24.8. The average Bonchev–Trinajstić information content (AvgIpc) is 3.22. The quantitative estimate of drug-likeness (QED) is 0.689. The van der Waals surface area contributed by atoms with Crippen LogP contribution in [0.4, 0.5) is 9.59 Å². The van der Waals surface area contributed by atoms with Crippen LogP contribution in [0.1, 0.15) is 33.3 Å². The highest BCUT2D eigenvalue weighted by Gasteiger charge is 2.53. The molecule has 0 aliphatic carbocycles. The minimum atomic E-state index is -1.23. The molecule has 3 amide bonds. The van der Waals surface area contributed by atoms with Gasteiger partial charge in [0.1, 0.15) is 12.2 Å². The number of hydrogen-bond acceptors (Lipinski definition) is 6. The lowest BCUT2D eigenvalue weighted by Crippen LogP contribution is -2.49. The van der Waals surface area contributed by atoms with Gasteiger partial charge in [-0.1, -0.05) is 30.3 Å². The van der Waals surface area contributed by atoms with Gasteiger partial charge in [-0.3, -0.25) is 4.79 Å². The van der Waals surface area contributed by atoms with E-state index in [1.807, 2.05) is 36.4 Å². The first-order valence-corrected chi connectivity index (χ1v) is 10.2. The zero-order chi connectivity index (χ0) is 22.8. The summed E-state index contributed by atoms with van der Waals surface area (Å²) in [5.41, 5.74) is -0.490. The fourth-order valence-electron chi connectivity index (χ4n) is 3.87. The Morgan fingerprint density at radius 1 is 1.32 bits per heavy atom. The summed E-state index contributed by atoms with van der Waals surface area (Å²) in [6.07, 6.45) is 0.453. The van der Waals surface area contributed by atoms with E-state index < -0.39 is 35.2 Å². The Balaban J connectivity index is 1.86. The number of nitriles is 1. The van der Waals surface area contributed by atoms with Crippen LogP contribution in [0.25, 0.3) is 0 Å². The molecule has 1 aromatic carbocycles. The van der Waals surface area contributed by atoms with Crippen molar-refractivity contribution in [2.45, 2.75) is 45.8 Å². The molecular formula is C23H27N3O5. The van der Waals surface area contributed by atoms with Gasteiger partial charge in [-0.05, 0) is 45.3 Å². The molecular weight excluding hydrogens is 398 g/mol. The first-order chi connectivity index (χ1) is 14.5. The number of allylic oxidation sites excluding steroid dienone is 1. The van der Waals surface area contributed by atoms with E-state index in [1.54, 1.807) is 27.7 Å². The van der Waals surface area contributed by atoms with Crippen molar-refractivity contribution in [2.75, 3.05) is 19.7 Å². The lowest BCUT2D eigenvalue weighted by Gasteiger charge is -2.30. The molecule has 0 N–H and O–H groups in total. The fourth-order valence-corrected chi connectivity index (χ4v) is 3.87. The third-order valence-electron chi connectivity index (χ3n) is 5.43. The van der Waals surface area contributed by atoms with Crippen molar-refractivity contribution >= 4 is 18.1 Å². The predicted molar refractivity (Wildman–Crippen MR) is 112 cm³/mol. The van der Waals surface area contributed by atoms with Gasteiger partial charge in [0.05, 0.1) is 17.5 Å². The van der Waals surface area contributed by atoms with Gasteiger partial charge in [0.2, 0.25) is 5.91 Å². The van der Waals surface area contributed by atoms with Gasteiger partial charge in [-0.2, -0.15) is 5.26 Å². The molecule has 0 bridgehead atoms. The van der Waals surface area contributed by atoms with Crippen LogP contribution in [0, 0.1) is 16.7 Å². The Morgan fingerprint density at radius 3 is 2.61 bits per heavy atom. The van der Waals surface area contributed by atoms with E-state index in [4.69, 9.17) is 9.47 Å². The molecule has 3 rings (SSSR count).